The van der Waals surface area contributed by atoms with Crippen molar-refractivity contribution >= 4 is 17.5 Å². The van der Waals surface area contributed by atoms with E-state index in [9.17, 15) is 0 Å². The maximum Gasteiger partial charge on any atom is 0.229 e. The molecule has 1 aromatic carbocycles. The summed E-state index contributed by atoms with van der Waals surface area (Å²) in [5, 5.41) is 6.46. The largest absolute Gasteiger partial charge is 0.497 e. The van der Waals surface area contributed by atoms with E-state index in [1.807, 2.05) is 24.3 Å². The molecule has 7 heteroatoms. The first-order valence-corrected chi connectivity index (χ1v) is 7.96. The lowest BCUT2D eigenvalue weighted by Gasteiger charge is -2.13. The number of nitrogens with zero attached hydrogens (tertiary/aromatic N) is 2. The number of aromatic nitrogens is 2. The van der Waals surface area contributed by atoms with Crippen LogP contribution in [0, 0.1) is 0 Å². The summed E-state index contributed by atoms with van der Waals surface area (Å²) in [5.41, 5.74) is 0.773. The minimum absolute atomic E-state index is 0.262. The number of methoxy groups -OCH3 is 2. The summed E-state index contributed by atoms with van der Waals surface area (Å²) >= 11 is 0. The van der Waals surface area contributed by atoms with E-state index in [1.165, 1.54) is 0 Å². The molecular weight excluding hydrogens is 308 g/mol. The summed E-state index contributed by atoms with van der Waals surface area (Å²) < 4.78 is 16.2. The highest BCUT2D eigenvalue weighted by Crippen LogP contribution is 2.30. The maximum absolute atomic E-state index is 5.60. The molecule has 2 heterocycles. The van der Waals surface area contributed by atoms with Crippen LogP contribution in [0.15, 0.2) is 30.5 Å². The summed E-state index contributed by atoms with van der Waals surface area (Å²) in [5.74, 6) is 2.65. The third-order valence-electron chi connectivity index (χ3n) is 3.85. The second-order valence-electron chi connectivity index (χ2n) is 5.47. The molecule has 0 aliphatic carbocycles. The van der Waals surface area contributed by atoms with Gasteiger partial charge in [-0.1, -0.05) is 0 Å². The van der Waals surface area contributed by atoms with Crippen molar-refractivity contribution in [3.8, 4) is 11.5 Å². The van der Waals surface area contributed by atoms with Crippen LogP contribution >= 0.6 is 0 Å². The number of benzene rings is 1. The molecule has 2 aromatic rings. The van der Waals surface area contributed by atoms with Crippen LogP contribution in [0.1, 0.15) is 12.8 Å². The lowest BCUT2D eigenvalue weighted by atomic mass is 10.2. The quantitative estimate of drug-likeness (QED) is 0.808. The summed E-state index contributed by atoms with van der Waals surface area (Å²) in [4.78, 5) is 8.72. The molecule has 1 atom stereocenters. The topological polar surface area (TPSA) is 77.5 Å². The van der Waals surface area contributed by atoms with E-state index in [0.717, 1.165) is 43.2 Å². The van der Waals surface area contributed by atoms with Gasteiger partial charge in [0.15, 0.2) is 0 Å². The Hall–Kier alpha value is -2.54. The highest BCUT2D eigenvalue weighted by Gasteiger charge is 2.15. The summed E-state index contributed by atoms with van der Waals surface area (Å²) in [6.07, 6.45) is 4.19. The van der Waals surface area contributed by atoms with Gasteiger partial charge < -0.3 is 24.8 Å². The van der Waals surface area contributed by atoms with Crippen LogP contribution in [0.5, 0.6) is 11.5 Å². The van der Waals surface area contributed by atoms with Gasteiger partial charge in [-0.2, -0.15) is 4.98 Å². The normalized spacial score (nSPS) is 16.7. The monoisotopic (exact) mass is 330 g/mol. The molecule has 1 saturated heterocycles. The molecule has 0 spiro atoms. The zero-order chi connectivity index (χ0) is 16.8. The summed E-state index contributed by atoms with van der Waals surface area (Å²) in [6.45, 7) is 1.60. The third-order valence-corrected chi connectivity index (χ3v) is 3.85. The van der Waals surface area contributed by atoms with E-state index >= 15 is 0 Å². The Labute approximate surface area is 141 Å². The molecule has 7 nitrogen and oxygen atoms in total. The van der Waals surface area contributed by atoms with E-state index in [4.69, 9.17) is 14.2 Å². The predicted molar refractivity (Wildman–Crippen MR) is 92.3 cm³/mol. The van der Waals surface area contributed by atoms with Crippen LogP contribution < -0.4 is 20.1 Å². The molecule has 1 unspecified atom stereocenters. The number of hydrogen-bond acceptors (Lipinski definition) is 7. The summed E-state index contributed by atoms with van der Waals surface area (Å²) in [6, 6.07) is 7.37. The van der Waals surface area contributed by atoms with Crippen LogP contribution in [0.2, 0.25) is 0 Å². The molecule has 0 saturated carbocycles. The SMILES string of the molecule is COc1ccc(Nc2nccc(NCC3CCCO3)n2)c(OC)c1. The molecule has 24 heavy (non-hydrogen) atoms. The molecule has 2 N–H and O–H groups in total. The number of rotatable bonds is 7. The molecule has 1 aliphatic rings. The minimum Gasteiger partial charge on any atom is -0.497 e. The van der Waals surface area contributed by atoms with Gasteiger partial charge in [-0.05, 0) is 31.0 Å². The van der Waals surface area contributed by atoms with Crippen LogP contribution in [0.4, 0.5) is 17.5 Å². The van der Waals surface area contributed by atoms with E-state index in [-0.39, 0.29) is 6.10 Å². The van der Waals surface area contributed by atoms with Crippen LogP contribution in [-0.2, 0) is 4.74 Å². The Morgan fingerprint density at radius 1 is 1.25 bits per heavy atom. The first-order chi connectivity index (χ1) is 11.8. The summed E-state index contributed by atoms with van der Waals surface area (Å²) in [7, 11) is 3.23. The number of anilines is 3. The average Bonchev–Trinajstić information content (AvgIpc) is 3.14. The van der Waals surface area contributed by atoms with Crippen molar-refractivity contribution in [2.24, 2.45) is 0 Å². The molecule has 0 bridgehead atoms. The van der Waals surface area contributed by atoms with Crippen molar-refractivity contribution in [2.45, 2.75) is 18.9 Å². The van der Waals surface area contributed by atoms with Gasteiger partial charge in [0.1, 0.15) is 17.3 Å². The molecule has 128 valence electrons. The smallest absolute Gasteiger partial charge is 0.229 e. The minimum atomic E-state index is 0.262. The van der Waals surface area contributed by atoms with E-state index < -0.39 is 0 Å². The van der Waals surface area contributed by atoms with Gasteiger partial charge in [-0.3, -0.25) is 0 Å². The fourth-order valence-electron chi connectivity index (χ4n) is 2.56. The van der Waals surface area contributed by atoms with Crippen molar-refractivity contribution in [3.05, 3.63) is 30.5 Å². The van der Waals surface area contributed by atoms with E-state index in [0.29, 0.717) is 11.7 Å². The Morgan fingerprint density at radius 3 is 2.92 bits per heavy atom. The van der Waals surface area contributed by atoms with Crippen molar-refractivity contribution in [1.82, 2.24) is 9.97 Å². The van der Waals surface area contributed by atoms with Crippen molar-refractivity contribution in [3.63, 3.8) is 0 Å². The Kier molecular flexibility index (Phi) is 5.32. The standard InChI is InChI=1S/C17H22N4O3/c1-22-12-5-6-14(15(10-12)23-2)20-17-18-8-7-16(21-17)19-11-13-4-3-9-24-13/h5-8,10,13H,3-4,9,11H2,1-2H3,(H2,18,19,20,21). The second kappa shape index (κ2) is 7.83. The third kappa shape index (κ3) is 4.05. The highest BCUT2D eigenvalue weighted by molar-refractivity contribution is 5.64. The lowest BCUT2D eigenvalue weighted by molar-refractivity contribution is 0.120. The number of hydrogen-bond donors (Lipinski definition) is 2. The van der Waals surface area contributed by atoms with Crippen molar-refractivity contribution in [2.75, 3.05) is 38.0 Å². The van der Waals surface area contributed by atoms with Gasteiger partial charge in [-0.25, -0.2) is 4.98 Å². The van der Waals surface area contributed by atoms with Gasteiger partial charge in [0.2, 0.25) is 5.95 Å². The number of nitrogens with one attached hydrogen (secondary N) is 2. The van der Waals surface area contributed by atoms with E-state index in [1.54, 1.807) is 20.4 Å². The zero-order valence-electron chi connectivity index (χ0n) is 13.9. The van der Waals surface area contributed by atoms with Crippen LogP contribution in [0.3, 0.4) is 0 Å². The van der Waals surface area contributed by atoms with Gasteiger partial charge in [0, 0.05) is 25.4 Å². The highest BCUT2D eigenvalue weighted by atomic mass is 16.5. The molecule has 1 aromatic heterocycles. The maximum atomic E-state index is 5.60. The molecule has 0 amide bonds. The van der Waals surface area contributed by atoms with Gasteiger partial charge >= 0.3 is 0 Å². The average molecular weight is 330 g/mol. The molecule has 1 aliphatic heterocycles. The molecular formula is C17H22N4O3. The zero-order valence-corrected chi connectivity index (χ0v) is 13.9. The Bertz CT molecular complexity index is 675. The second-order valence-corrected chi connectivity index (χ2v) is 5.47. The predicted octanol–water partition coefficient (Wildman–Crippen LogP) is 2.83. The van der Waals surface area contributed by atoms with Crippen LogP contribution in [0.25, 0.3) is 0 Å². The first-order valence-electron chi connectivity index (χ1n) is 7.96. The van der Waals surface area contributed by atoms with Gasteiger partial charge in [0.25, 0.3) is 0 Å². The van der Waals surface area contributed by atoms with Gasteiger partial charge in [0.05, 0.1) is 26.0 Å². The lowest BCUT2D eigenvalue weighted by Crippen LogP contribution is -2.19. The van der Waals surface area contributed by atoms with Gasteiger partial charge in [-0.15, -0.1) is 0 Å². The molecule has 0 radical (unpaired) electrons. The molecule has 1 fully saturated rings. The van der Waals surface area contributed by atoms with Crippen molar-refractivity contribution in [1.29, 1.82) is 0 Å². The Morgan fingerprint density at radius 2 is 2.17 bits per heavy atom. The first kappa shape index (κ1) is 16.3. The number of ether oxygens (including phenoxy) is 3. The fraction of sp³-hybridized carbons (Fsp3) is 0.412. The van der Waals surface area contributed by atoms with Crippen molar-refractivity contribution < 1.29 is 14.2 Å². The van der Waals surface area contributed by atoms with Crippen LogP contribution in [-0.4, -0.2) is 43.4 Å². The van der Waals surface area contributed by atoms with E-state index in [2.05, 4.69) is 20.6 Å². The Balaban J connectivity index is 1.67. The molecule has 3 rings (SSSR count). The fourth-order valence-corrected chi connectivity index (χ4v) is 2.56.